The van der Waals surface area contributed by atoms with Gasteiger partial charge < -0.3 is 9.64 Å². The Kier molecular flexibility index (Phi) is 5.22. The number of carbonyl (C=O) groups excluding carboxylic acids is 1. The molecule has 132 valence electrons. The highest BCUT2D eigenvalue weighted by Crippen LogP contribution is 2.25. The molecule has 0 aliphatic carbocycles. The van der Waals surface area contributed by atoms with E-state index in [0.717, 1.165) is 5.56 Å². The van der Waals surface area contributed by atoms with Gasteiger partial charge in [0.25, 0.3) is 0 Å². The zero-order valence-electron chi connectivity index (χ0n) is 14.0. The first-order valence-electron chi connectivity index (χ1n) is 8.42. The van der Waals surface area contributed by atoms with Crippen LogP contribution in [0.3, 0.4) is 0 Å². The van der Waals surface area contributed by atoms with Gasteiger partial charge in [0.1, 0.15) is 0 Å². The Hall–Kier alpha value is -1.44. The van der Waals surface area contributed by atoms with Crippen molar-refractivity contribution in [2.75, 3.05) is 39.4 Å². The molecule has 2 saturated heterocycles. The van der Waals surface area contributed by atoms with Crippen LogP contribution in [0.15, 0.2) is 29.2 Å². The predicted molar refractivity (Wildman–Crippen MR) is 90.1 cm³/mol. The Bertz CT molecular complexity index is 690. The van der Waals surface area contributed by atoms with Crippen LogP contribution in [-0.4, -0.2) is 62.9 Å². The van der Waals surface area contributed by atoms with Crippen molar-refractivity contribution in [3.63, 3.8) is 0 Å². The van der Waals surface area contributed by atoms with Crippen LogP contribution in [0.1, 0.15) is 18.4 Å². The van der Waals surface area contributed by atoms with Crippen molar-refractivity contribution in [2.45, 2.75) is 24.7 Å². The molecule has 0 saturated carbocycles. The molecule has 0 bridgehead atoms. The largest absolute Gasteiger partial charge is 0.378 e. The van der Waals surface area contributed by atoms with Gasteiger partial charge in [-0.1, -0.05) is 12.1 Å². The molecule has 2 heterocycles. The third-order valence-corrected chi connectivity index (χ3v) is 6.65. The summed E-state index contributed by atoms with van der Waals surface area (Å²) in [6.45, 7) is 5.14. The van der Waals surface area contributed by atoms with E-state index in [4.69, 9.17) is 4.74 Å². The highest BCUT2D eigenvalue weighted by atomic mass is 32.2. The Morgan fingerprint density at radius 1 is 1.12 bits per heavy atom. The van der Waals surface area contributed by atoms with Crippen LogP contribution in [0, 0.1) is 12.8 Å². The molecule has 2 aliphatic heterocycles. The van der Waals surface area contributed by atoms with E-state index in [1.807, 2.05) is 17.9 Å². The van der Waals surface area contributed by atoms with Crippen LogP contribution in [-0.2, 0) is 19.6 Å². The number of nitrogens with zero attached hydrogens (tertiary/aromatic N) is 2. The first-order chi connectivity index (χ1) is 11.5. The summed E-state index contributed by atoms with van der Waals surface area (Å²) in [6, 6.07) is 6.97. The van der Waals surface area contributed by atoms with Crippen molar-refractivity contribution < 1.29 is 17.9 Å². The van der Waals surface area contributed by atoms with E-state index < -0.39 is 10.0 Å². The van der Waals surface area contributed by atoms with Gasteiger partial charge >= 0.3 is 0 Å². The van der Waals surface area contributed by atoms with Crippen molar-refractivity contribution in [1.29, 1.82) is 0 Å². The van der Waals surface area contributed by atoms with E-state index in [0.29, 0.717) is 57.1 Å². The maximum Gasteiger partial charge on any atom is 0.243 e. The van der Waals surface area contributed by atoms with Gasteiger partial charge in [-0.2, -0.15) is 4.31 Å². The van der Waals surface area contributed by atoms with Crippen molar-refractivity contribution >= 4 is 15.9 Å². The molecule has 0 spiro atoms. The SMILES string of the molecule is Cc1cccc(S(=O)(=O)N2CCC(C(=O)N3CCOCC3)CC2)c1. The van der Waals surface area contributed by atoms with E-state index in [1.54, 1.807) is 18.2 Å². The molecule has 1 aromatic carbocycles. The maximum atomic E-state index is 12.7. The molecule has 0 unspecified atom stereocenters. The van der Waals surface area contributed by atoms with Crippen molar-refractivity contribution in [1.82, 2.24) is 9.21 Å². The summed E-state index contributed by atoms with van der Waals surface area (Å²) in [5, 5.41) is 0. The summed E-state index contributed by atoms with van der Waals surface area (Å²) in [7, 11) is -3.47. The third kappa shape index (κ3) is 3.63. The number of hydrogen-bond donors (Lipinski definition) is 0. The first-order valence-corrected chi connectivity index (χ1v) is 9.86. The van der Waals surface area contributed by atoms with Gasteiger partial charge in [0.05, 0.1) is 18.1 Å². The molecular weight excluding hydrogens is 328 g/mol. The van der Waals surface area contributed by atoms with Crippen LogP contribution < -0.4 is 0 Å². The van der Waals surface area contributed by atoms with E-state index in [2.05, 4.69) is 0 Å². The molecule has 0 radical (unpaired) electrons. The lowest BCUT2D eigenvalue weighted by molar-refractivity contribution is -0.140. The van der Waals surface area contributed by atoms with Crippen LogP contribution in [0.4, 0.5) is 0 Å². The van der Waals surface area contributed by atoms with Crippen molar-refractivity contribution in [2.24, 2.45) is 5.92 Å². The fourth-order valence-corrected chi connectivity index (χ4v) is 4.88. The summed E-state index contributed by atoms with van der Waals surface area (Å²) in [4.78, 5) is 14.7. The molecule has 2 fully saturated rings. The highest BCUT2D eigenvalue weighted by molar-refractivity contribution is 7.89. The second-order valence-corrected chi connectivity index (χ2v) is 8.37. The predicted octanol–water partition coefficient (Wildman–Crippen LogP) is 1.25. The standard InChI is InChI=1S/C17H24N2O4S/c1-14-3-2-4-16(13-14)24(21,22)19-7-5-15(6-8-19)17(20)18-9-11-23-12-10-18/h2-4,13,15H,5-12H2,1H3. The average Bonchev–Trinajstić information content (AvgIpc) is 2.62. The number of hydrogen-bond acceptors (Lipinski definition) is 4. The molecule has 3 rings (SSSR count). The van der Waals surface area contributed by atoms with Gasteiger partial charge in [0.2, 0.25) is 15.9 Å². The van der Waals surface area contributed by atoms with Crippen LogP contribution in [0.25, 0.3) is 0 Å². The molecule has 24 heavy (non-hydrogen) atoms. The molecule has 0 atom stereocenters. The highest BCUT2D eigenvalue weighted by Gasteiger charge is 2.34. The number of ether oxygens (including phenoxy) is 1. The van der Waals surface area contributed by atoms with Gasteiger partial charge in [-0.25, -0.2) is 8.42 Å². The fourth-order valence-electron chi connectivity index (χ4n) is 3.31. The summed E-state index contributed by atoms with van der Waals surface area (Å²) < 4.78 is 32.2. The average molecular weight is 352 g/mol. The quantitative estimate of drug-likeness (QED) is 0.821. The molecule has 0 N–H and O–H groups in total. The normalized spacial score (nSPS) is 21.0. The van der Waals surface area contributed by atoms with Gasteiger partial charge in [-0.05, 0) is 37.5 Å². The van der Waals surface area contributed by atoms with E-state index in [-0.39, 0.29) is 11.8 Å². The fraction of sp³-hybridized carbons (Fsp3) is 0.588. The molecule has 2 aliphatic rings. The molecule has 1 aromatic rings. The monoisotopic (exact) mass is 352 g/mol. The Morgan fingerprint density at radius 2 is 1.79 bits per heavy atom. The molecule has 1 amide bonds. The molecule has 0 aromatic heterocycles. The summed E-state index contributed by atoms with van der Waals surface area (Å²) in [5.74, 6) is 0.0676. The number of benzene rings is 1. The second kappa shape index (κ2) is 7.21. The number of morpholine rings is 1. The smallest absolute Gasteiger partial charge is 0.243 e. The van der Waals surface area contributed by atoms with Crippen LogP contribution >= 0.6 is 0 Å². The number of carbonyl (C=O) groups is 1. The number of amides is 1. The lowest BCUT2D eigenvalue weighted by Gasteiger charge is -2.35. The van der Waals surface area contributed by atoms with Crippen molar-refractivity contribution in [3.05, 3.63) is 29.8 Å². The minimum atomic E-state index is -3.47. The maximum absolute atomic E-state index is 12.7. The Labute approximate surface area is 143 Å². The summed E-state index contributed by atoms with van der Waals surface area (Å²) in [6.07, 6.45) is 1.17. The topological polar surface area (TPSA) is 66.9 Å². The minimum Gasteiger partial charge on any atom is -0.378 e. The number of aryl methyl sites for hydroxylation is 1. The van der Waals surface area contributed by atoms with Gasteiger partial charge in [-0.3, -0.25) is 4.79 Å². The summed E-state index contributed by atoms with van der Waals surface area (Å²) in [5.41, 5.74) is 0.924. The van der Waals surface area contributed by atoms with E-state index in [9.17, 15) is 13.2 Å². The zero-order chi connectivity index (χ0) is 17.2. The number of sulfonamides is 1. The zero-order valence-corrected chi connectivity index (χ0v) is 14.8. The number of piperidine rings is 1. The van der Waals surface area contributed by atoms with Crippen molar-refractivity contribution in [3.8, 4) is 0 Å². The Balaban J connectivity index is 1.63. The third-order valence-electron chi connectivity index (χ3n) is 4.75. The van der Waals surface area contributed by atoms with Gasteiger partial charge in [0, 0.05) is 32.1 Å². The van der Waals surface area contributed by atoms with Crippen LogP contribution in [0.5, 0.6) is 0 Å². The Morgan fingerprint density at radius 3 is 2.42 bits per heavy atom. The minimum absolute atomic E-state index is 0.0768. The first kappa shape index (κ1) is 17.4. The lowest BCUT2D eigenvalue weighted by atomic mass is 9.96. The lowest BCUT2D eigenvalue weighted by Crippen LogP contribution is -2.47. The molecular formula is C17H24N2O4S. The number of rotatable bonds is 3. The van der Waals surface area contributed by atoms with E-state index >= 15 is 0 Å². The molecule has 6 nitrogen and oxygen atoms in total. The van der Waals surface area contributed by atoms with Crippen LogP contribution in [0.2, 0.25) is 0 Å². The molecule has 7 heteroatoms. The second-order valence-electron chi connectivity index (χ2n) is 6.43. The van der Waals surface area contributed by atoms with Gasteiger partial charge in [0.15, 0.2) is 0 Å². The summed E-state index contributed by atoms with van der Waals surface area (Å²) >= 11 is 0. The van der Waals surface area contributed by atoms with Gasteiger partial charge in [-0.15, -0.1) is 0 Å². The van der Waals surface area contributed by atoms with E-state index in [1.165, 1.54) is 4.31 Å².